The highest BCUT2D eigenvalue weighted by Gasteiger charge is 2.00. The summed E-state index contributed by atoms with van der Waals surface area (Å²) in [6.45, 7) is 1.83. The highest BCUT2D eigenvalue weighted by atomic mass is 16.9. The number of nitrogens with zero attached hydrogens (tertiary/aromatic N) is 1. The smallest absolute Gasteiger partial charge is 0.294 e. The molecule has 0 aromatic heterocycles. The Labute approximate surface area is 52.9 Å². The molecule has 5 nitrogen and oxygen atoms in total. The lowest BCUT2D eigenvalue weighted by Gasteiger charge is -2.04. The van der Waals surface area contributed by atoms with Crippen molar-refractivity contribution in [3.05, 3.63) is 10.1 Å². The van der Waals surface area contributed by atoms with Crippen LogP contribution in [0.25, 0.3) is 0 Å². The van der Waals surface area contributed by atoms with Crippen LogP contribution in [0, 0.1) is 10.1 Å². The van der Waals surface area contributed by atoms with Crippen molar-refractivity contribution in [2.24, 2.45) is 5.73 Å². The van der Waals surface area contributed by atoms with Gasteiger partial charge in [-0.05, 0) is 6.42 Å². The Kier molecular flexibility index (Phi) is 3.70. The van der Waals surface area contributed by atoms with Gasteiger partial charge in [-0.3, -0.25) is 0 Å². The van der Waals surface area contributed by atoms with Gasteiger partial charge < -0.3 is 10.6 Å². The van der Waals surface area contributed by atoms with Gasteiger partial charge in [-0.15, -0.1) is 10.1 Å². The first kappa shape index (κ1) is 8.16. The molecule has 0 aliphatic rings. The van der Waals surface area contributed by atoms with Gasteiger partial charge >= 0.3 is 0 Å². The predicted octanol–water partition coefficient (Wildman–Crippen LogP) is -0.0680. The maximum atomic E-state index is 9.55. The largest absolute Gasteiger partial charge is 0.326 e. The molecule has 0 fully saturated rings. The molecule has 0 saturated heterocycles. The van der Waals surface area contributed by atoms with E-state index in [1.807, 2.05) is 6.92 Å². The summed E-state index contributed by atoms with van der Waals surface area (Å²) in [7, 11) is 0. The average molecular weight is 134 g/mol. The lowest BCUT2D eigenvalue weighted by atomic mass is 10.3. The zero-order valence-electron chi connectivity index (χ0n) is 5.24. The molecule has 0 spiro atoms. The van der Waals surface area contributed by atoms with E-state index in [2.05, 4.69) is 4.84 Å². The van der Waals surface area contributed by atoms with Crippen LogP contribution in [0.3, 0.4) is 0 Å². The van der Waals surface area contributed by atoms with E-state index in [0.29, 0.717) is 6.42 Å². The molecule has 0 heterocycles. The van der Waals surface area contributed by atoms with Crippen molar-refractivity contribution in [3.63, 3.8) is 0 Å². The van der Waals surface area contributed by atoms with E-state index < -0.39 is 5.09 Å². The van der Waals surface area contributed by atoms with E-state index in [4.69, 9.17) is 5.73 Å². The van der Waals surface area contributed by atoms with Crippen molar-refractivity contribution >= 4 is 0 Å². The highest BCUT2D eigenvalue weighted by molar-refractivity contribution is 4.52. The summed E-state index contributed by atoms with van der Waals surface area (Å²) in [5.41, 5.74) is 5.29. The summed E-state index contributed by atoms with van der Waals surface area (Å²) in [6, 6.07) is -0.226. The predicted molar refractivity (Wildman–Crippen MR) is 31.2 cm³/mol. The van der Waals surface area contributed by atoms with Crippen LogP contribution in [0.15, 0.2) is 0 Å². The number of hydrogen-bond donors (Lipinski definition) is 1. The minimum atomic E-state index is -0.838. The first-order valence-corrected chi connectivity index (χ1v) is 2.69. The van der Waals surface area contributed by atoms with Crippen molar-refractivity contribution < 1.29 is 9.92 Å². The minimum Gasteiger partial charge on any atom is -0.326 e. The van der Waals surface area contributed by atoms with E-state index in [-0.39, 0.29) is 12.6 Å². The number of hydrogen-bond acceptors (Lipinski definition) is 4. The van der Waals surface area contributed by atoms with Gasteiger partial charge in [0.05, 0.1) is 0 Å². The highest BCUT2D eigenvalue weighted by Crippen LogP contribution is 1.86. The van der Waals surface area contributed by atoms with Gasteiger partial charge in [0.1, 0.15) is 6.61 Å². The number of nitrogens with two attached hydrogens (primary N) is 1. The van der Waals surface area contributed by atoms with Crippen molar-refractivity contribution in [2.75, 3.05) is 6.61 Å². The third kappa shape index (κ3) is 5.02. The fourth-order valence-electron chi connectivity index (χ4n) is 0.274. The second kappa shape index (κ2) is 4.08. The van der Waals surface area contributed by atoms with Gasteiger partial charge in [-0.1, -0.05) is 6.92 Å². The summed E-state index contributed by atoms with van der Waals surface area (Å²) >= 11 is 0. The molecule has 0 rings (SSSR count). The summed E-state index contributed by atoms with van der Waals surface area (Å²) in [4.78, 5) is 13.5. The first-order valence-electron chi connectivity index (χ1n) is 2.69. The summed E-state index contributed by atoms with van der Waals surface area (Å²) in [5.74, 6) is 0. The van der Waals surface area contributed by atoms with E-state index in [0.717, 1.165) is 0 Å². The Bertz CT molecular complexity index is 95.8. The van der Waals surface area contributed by atoms with Gasteiger partial charge in [0.15, 0.2) is 0 Å². The van der Waals surface area contributed by atoms with E-state index in [9.17, 15) is 10.1 Å². The van der Waals surface area contributed by atoms with E-state index in [1.165, 1.54) is 0 Å². The molecule has 0 bridgehead atoms. The van der Waals surface area contributed by atoms with Crippen molar-refractivity contribution in [1.29, 1.82) is 0 Å². The van der Waals surface area contributed by atoms with Crippen LogP contribution < -0.4 is 5.73 Å². The third-order valence-corrected chi connectivity index (χ3v) is 0.918. The standard InChI is InChI=1S/C4H10N2O3/c1-2-4(5)3-9-6(7)8/h4H,2-3,5H2,1H3/t4-/m1/s1. The fraction of sp³-hybridized carbons (Fsp3) is 1.00. The van der Waals surface area contributed by atoms with Crippen LogP contribution in [0.5, 0.6) is 0 Å². The first-order chi connectivity index (χ1) is 4.16. The molecule has 0 aromatic carbocycles. The second-order valence-electron chi connectivity index (χ2n) is 1.69. The third-order valence-electron chi connectivity index (χ3n) is 0.918. The average Bonchev–Trinajstić information content (AvgIpc) is 1.83. The lowest BCUT2D eigenvalue weighted by molar-refractivity contribution is -0.758. The van der Waals surface area contributed by atoms with E-state index >= 15 is 0 Å². The Morgan fingerprint density at radius 3 is 2.78 bits per heavy atom. The zero-order valence-corrected chi connectivity index (χ0v) is 5.24. The molecular formula is C4H10N2O3. The normalized spacial score (nSPS) is 12.7. The van der Waals surface area contributed by atoms with Crippen molar-refractivity contribution in [2.45, 2.75) is 19.4 Å². The van der Waals surface area contributed by atoms with Gasteiger partial charge in [-0.25, -0.2) is 0 Å². The number of rotatable bonds is 4. The van der Waals surface area contributed by atoms with Gasteiger partial charge in [0.25, 0.3) is 5.09 Å². The molecule has 2 N–H and O–H groups in total. The van der Waals surface area contributed by atoms with E-state index in [1.54, 1.807) is 0 Å². The lowest BCUT2D eigenvalue weighted by Crippen LogP contribution is -2.26. The molecule has 0 amide bonds. The molecule has 0 aliphatic heterocycles. The quantitative estimate of drug-likeness (QED) is 0.431. The second-order valence-corrected chi connectivity index (χ2v) is 1.69. The summed E-state index contributed by atoms with van der Waals surface area (Å²) < 4.78 is 0. The van der Waals surface area contributed by atoms with Crippen LogP contribution in [0.2, 0.25) is 0 Å². The van der Waals surface area contributed by atoms with Crippen molar-refractivity contribution in [1.82, 2.24) is 0 Å². The van der Waals surface area contributed by atoms with Gasteiger partial charge in [-0.2, -0.15) is 0 Å². The molecule has 0 aliphatic carbocycles. The molecular weight excluding hydrogens is 124 g/mol. The zero-order chi connectivity index (χ0) is 7.28. The summed E-state index contributed by atoms with van der Waals surface area (Å²) in [6.07, 6.45) is 0.688. The molecule has 0 aromatic rings. The maximum absolute atomic E-state index is 9.55. The van der Waals surface area contributed by atoms with Crippen LogP contribution in [-0.4, -0.2) is 17.7 Å². The maximum Gasteiger partial charge on any atom is 0.294 e. The topological polar surface area (TPSA) is 78.4 Å². The van der Waals surface area contributed by atoms with Crippen LogP contribution in [0.1, 0.15) is 13.3 Å². The molecule has 0 radical (unpaired) electrons. The molecule has 1 atom stereocenters. The Morgan fingerprint density at radius 1 is 1.89 bits per heavy atom. The van der Waals surface area contributed by atoms with Gasteiger partial charge in [0, 0.05) is 6.04 Å². The minimum absolute atomic E-state index is 0.0104. The summed E-state index contributed by atoms with van der Waals surface area (Å²) in [5, 5.41) is 8.71. The Balaban J connectivity index is 3.16. The van der Waals surface area contributed by atoms with Crippen LogP contribution in [-0.2, 0) is 4.84 Å². The molecule has 5 heteroatoms. The van der Waals surface area contributed by atoms with Crippen LogP contribution >= 0.6 is 0 Å². The monoisotopic (exact) mass is 134 g/mol. The molecule has 54 valence electrons. The van der Waals surface area contributed by atoms with Crippen LogP contribution in [0.4, 0.5) is 0 Å². The molecule has 9 heavy (non-hydrogen) atoms. The fourth-order valence-corrected chi connectivity index (χ4v) is 0.274. The Morgan fingerprint density at radius 2 is 2.44 bits per heavy atom. The van der Waals surface area contributed by atoms with Crippen molar-refractivity contribution in [3.8, 4) is 0 Å². The molecule has 0 saturated carbocycles. The molecule has 0 unspecified atom stereocenters. The van der Waals surface area contributed by atoms with Gasteiger partial charge in [0.2, 0.25) is 0 Å². The Hall–Kier alpha value is -0.840. The SMILES string of the molecule is CC[C@@H](N)CO[N+](=O)[O-].